The highest BCUT2D eigenvalue weighted by Gasteiger charge is 2.25. The SMILES string of the molecule is COC1CCC(NC(C)c2cccc(-n3cnnn3)c2)C1. The molecule has 6 heteroatoms. The molecule has 0 aliphatic heterocycles. The van der Waals surface area contributed by atoms with E-state index in [9.17, 15) is 0 Å². The Morgan fingerprint density at radius 3 is 3.00 bits per heavy atom. The number of methoxy groups -OCH3 is 1. The van der Waals surface area contributed by atoms with Crippen LogP contribution in [0.2, 0.25) is 0 Å². The molecule has 1 aromatic carbocycles. The van der Waals surface area contributed by atoms with Gasteiger partial charge < -0.3 is 10.1 Å². The second-order valence-corrected chi connectivity index (χ2v) is 5.61. The van der Waals surface area contributed by atoms with Gasteiger partial charge in [-0.25, -0.2) is 4.68 Å². The molecule has 6 nitrogen and oxygen atoms in total. The molecular formula is C15H21N5O. The van der Waals surface area contributed by atoms with Crippen molar-refractivity contribution in [2.24, 2.45) is 0 Å². The zero-order valence-electron chi connectivity index (χ0n) is 12.4. The Hall–Kier alpha value is -1.79. The number of benzene rings is 1. The summed E-state index contributed by atoms with van der Waals surface area (Å²) in [6.45, 7) is 2.19. The van der Waals surface area contributed by atoms with Gasteiger partial charge in [0, 0.05) is 19.2 Å². The summed E-state index contributed by atoms with van der Waals surface area (Å²) in [5, 5.41) is 15.0. The highest BCUT2D eigenvalue weighted by atomic mass is 16.5. The fourth-order valence-corrected chi connectivity index (χ4v) is 2.97. The molecule has 1 N–H and O–H groups in total. The van der Waals surface area contributed by atoms with E-state index in [2.05, 4.69) is 39.9 Å². The standard InChI is InChI=1S/C15H21N5O/c1-11(17-13-6-7-15(9-13)21-2)12-4-3-5-14(8-12)20-10-16-18-19-20/h3-5,8,10-11,13,15,17H,6-7,9H2,1-2H3. The molecule has 2 aromatic rings. The smallest absolute Gasteiger partial charge is 0.143 e. The molecule has 0 spiro atoms. The van der Waals surface area contributed by atoms with Gasteiger partial charge in [-0.15, -0.1) is 5.10 Å². The number of rotatable bonds is 5. The van der Waals surface area contributed by atoms with Crippen molar-refractivity contribution in [3.8, 4) is 5.69 Å². The third-order valence-corrected chi connectivity index (χ3v) is 4.19. The minimum atomic E-state index is 0.294. The summed E-state index contributed by atoms with van der Waals surface area (Å²) in [7, 11) is 1.80. The van der Waals surface area contributed by atoms with Gasteiger partial charge in [0.05, 0.1) is 11.8 Å². The lowest BCUT2D eigenvalue weighted by Gasteiger charge is -2.20. The number of ether oxygens (including phenoxy) is 1. The quantitative estimate of drug-likeness (QED) is 0.909. The molecule has 112 valence electrons. The Morgan fingerprint density at radius 1 is 1.38 bits per heavy atom. The van der Waals surface area contributed by atoms with Gasteiger partial charge in [-0.3, -0.25) is 0 Å². The molecular weight excluding hydrogens is 266 g/mol. The lowest BCUT2D eigenvalue weighted by Crippen LogP contribution is -2.30. The van der Waals surface area contributed by atoms with Crippen LogP contribution in [-0.4, -0.2) is 39.5 Å². The van der Waals surface area contributed by atoms with Crippen LogP contribution < -0.4 is 5.32 Å². The average Bonchev–Trinajstić information content (AvgIpc) is 3.18. The maximum Gasteiger partial charge on any atom is 0.143 e. The van der Waals surface area contributed by atoms with Gasteiger partial charge in [0.1, 0.15) is 6.33 Å². The Kier molecular flexibility index (Phi) is 4.26. The molecule has 21 heavy (non-hydrogen) atoms. The van der Waals surface area contributed by atoms with Crippen LogP contribution in [0.4, 0.5) is 0 Å². The largest absolute Gasteiger partial charge is 0.381 e. The minimum absolute atomic E-state index is 0.294. The number of nitrogens with zero attached hydrogens (tertiary/aromatic N) is 4. The van der Waals surface area contributed by atoms with Gasteiger partial charge in [0.2, 0.25) is 0 Å². The van der Waals surface area contributed by atoms with Crippen molar-refractivity contribution in [2.75, 3.05) is 7.11 Å². The van der Waals surface area contributed by atoms with Crippen LogP contribution in [-0.2, 0) is 4.74 Å². The highest BCUT2D eigenvalue weighted by Crippen LogP contribution is 2.25. The molecule has 0 saturated heterocycles. The molecule has 1 heterocycles. The fraction of sp³-hybridized carbons (Fsp3) is 0.533. The molecule has 1 aliphatic rings. The van der Waals surface area contributed by atoms with Crippen LogP contribution in [0.5, 0.6) is 0 Å². The van der Waals surface area contributed by atoms with Crippen LogP contribution in [0, 0.1) is 0 Å². The van der Waals surface area contributed by atoms with E-state index in [1.165, 1.54) is 12.0 Å². The van der Waals surface area contributed by atoms with Gasteiger partial charge in [-0.05, 0) is 54.3 Å². The molecule has 0 radical (unpaired) electrons. The van der Waals surface area contributed by atoms with Crippen LogP contribution >= 0.6 is 0 Å². The van der Waals surface area contributed by atoms with E-state index in [1.807, 2.05) is 12.1 Å². The van der Waals surface area contributed by atoms with Crippen LogP contribution in [0.1, 0.15) is 37.8 Å². The Bertz CT molecular complexity index is 571. The van der Waals surface area contributed by atoms with Crippen molar-refractivity contribution in [1.29, 1.82) is 0 Å². The Balaban J connectivity index is 1.67. The van der Waals surface area contributed by atoms with Gasteiger partial charge >= 0.3 is 0 Å². The third kappa shape index (κ3) is 3.28. The zero-order valence-corrected chi connectivity index (χ0v) is 12.4. The lowest BCUT2D eigenvalue weighted by molar-refractivity contribution is 0.106. The monoisotopic (exact) mass is 287 g/mol. The van der Waals surface area contributed by atoms with E-state index in [0.29, 0.717) is 18.2 Å². The molecule has 0 bridgehead atoms. The second-order valence-electron chi connectivity index (χ2n) is 5.61. The molecule has 1 saturated carbocycles. The second kappa shape index (κ2) is 6.32. The van der Waals surface area contributed by atoms with Crippen molar-refractivity contribution in [3.05, 3.63) is 36.2 Å². The van der Waals surface area contributed by atoms with E-state index in [4.69, 9.17) is 4.74 Å². The van der Waals surface area contributed by atoms with E-state index < -0.39 is 0 Å². The summed E-state index contributed by atoms with van der Waals surface area (Å²) in [5.41, 5.74) is 2.22. The summed E-state index contributed by atoms with van der Waals surface area (Å²) in [6, 6.07) is 9.12. The molecule has 1 fully saturated rings. The number of aromatic nitrogens is 4. The number of hydrogen-bond donors (Lipinski definition) is 1. The van der Waals surface area contributed by atoms with Crippen LogP contribution in [0.15, 0.2) is 30.6 Å². The van der Waals surface area contributed by atoms with Crippen molar-refractivity contribution in [1.82, 2.24) is 25.5 Å². The average molecular weight is 287 g/mol. The maximum atomic E-state index is 5.43. The molecule has 1 aliphatic carbocycles. The predicted octanol–water partition coefficient (Wildman–Crippen LogP) is 1.88. The number of nitrogens with one attached hydrogen (secondary N) is 1. The molecule has 3 rings (SSSR count). The Morgan fingerprint density at radius 2 is 2.29 bits per heavy atom. The third-order valence-electron chi connectivity index (χ3n) is 4.19. The van der Waals surface area contributed by atoms with Crippen molar-refractivity contribution >= 4 is 0 Å². The predicted molar refractivity (Wildman–Crippen MR) is 79.1 cm³/mol. The Labute approximate surface area is 124 Å². The number of hydrogen-bond acceptors (Lipinski definition) is 5. The summed E-state index contributed by atoms with van der Waals surface area (Å²) in [5.74, 6) is 0. The van der Waals surface area contributed by atoms with E-state index in [0.717, 1.165) is 18.5 Å². The van der Waals surface area contributed by atoms with Gasteiger partial charge in [0.15, 0.2) is 0 Å². The summed E-state index contributed by atoms with van der Waals surface area (Å²) in [4.78, 5) is 0. The molecule has 0 amide bonds. The van der Waals surface area contributed by atoms with Crippen LogP contribution in [0.3, 0.4) is 0 Å². The van der Waals surface area contributed by atoms with E-state index >= 15 is 0 Å². The lowest BCUT2D eigenvalue weighted by atomic mass is 10.1. The molecule has 3 atom stereocenters. The minimum Gasteiger partial charge on any atom is -0.381 e. The summed E-state index contributed by atoms with van der Waals surface area (Å²) >= 11 is 0. The number of tetrazole rings is 1. The first-order valence-electron chi connectivity index (χ1n) is 7.38. The van der Waals surface area contributed by atoms with Crippen LogP contribution in [0.25, 0.3) is 5.69 Å². The van der Waals surface area contributed by atoms with Gasteiger partial charge in [0.25, 0.3) is 0 Å². The summed E-state index contributed by atoms with van der Waals surface area (Å²) in [6.07, 6.45) is 5.42. The first-order valence-corrected chi connectivity index (χ1v) is 7.38. The van der Waals surface area contributed by atoms with E-state index in [1.54, 1.807) is 18.1 Å². The molecule has 1 aromatic heterocycles. The van der Waals surface area contributed by atoms with Crippen molar-refractivity contribution in [2.45, 2.75) is 44.4 Å². The fourth-order valence-electron chi connectivity index (χ4n) is 2.97. The zero-order chi connectivity index (χ0) is 14.7. The maximum absolute atomic E-state index is 5.43. The molecule has 3 unspecified atom stereocenters. The summed E-state index contributed by atoms with van der Waals surface area (Å²) < 4.78 is 7.10. The van der Waals surface area contributed by atoms with Gasteiger partial charge in [-0.1, -0.05) is 12.1 Å². The first-order chi connectivity index (χ1) is 10.3. The normalized spacial score (nSPS) is 23.3. The van der Waals surface area contributed by atoms with Crippen molar-refractivity contribution in [3.63, 3.8) is 0 Å². The van der Waals surface area contributed by atoms with Crippen molar-refractivity contribution < 1.29 is 4.74 Å². The first kappa shape index (κ1) is 14.2. The highest BCUT2D eigenvalue weighted by molar-refractivity contribution is 5.35. The van der Waals surface area contributed by atoms with Gasteiger partial charge in [-0.2, -0.15) is 0 Å². The van der Waals surface area contributed by atoms with E-state index in [-0.39, 0.29) is 0 Å². The topological polar surface area (TPSA) is 64.9 Å².